The minimum absolute atomic E-state index is 0.0144. The quantitative estimate of drug-likeness (QED) is 0.168. The lowest BCUT2D eigenvalue weighted by molar-refractivity contribution is -0.146. The summed E-state index contributed by atoms with van der Waals surface area (Å²) in [5.41, 5.74) is 2.11. The summed E-state index contributed by atoms with van der Waals surface area (Å²) >= 11 is 0. The van der Waals surface area contributed by atoms with Crippen molar-refractivity contribution in [3.63, 3.8) is 0 Å². The van der Waals surface area contributed by atoms with Gasteiger partial charge in [-0.2, -0.15) is 0 Å². The van der Waals surface area contributed by atoms with Gasteiger partial charge in [0.15, 0.2) is 23.0 Å². The van der Waals surface area contributed by atoms with E-state index in [1.165, 1.54) is 44.9 Å². The molecule has 0 aromatic heterocycles. The molecule has 2 heterocycles. The average molecular weight is 541 g/mol. The number of hydrogen-bond acceptors (Lipinski definition) is 7. The Morgan fingerprint density at radius 1 is 0.744 bits per heavy atom. The highest BCUT2D eigenvalue weighted by atomic mass is 16.7. The van der Waals surface area contributed by atoms with E-state index < -0.39 is 0 Å². The van der Waals surface area contributed by atoms with Gasteiger partial charge in [-0.05, 0) is 60.6 Å². The third-order valence-electron chi connectivity index (χ3n) is 7.71. The fraction of sp³-hybridized carbons (Fsp3) is 0.594. The van der Waals surface area contributed by atoms with Crippen molar-refractivity contribution in [1.29, 1.82) is 0 Å². The Labute approximate surface area is 232 Å². The molecule has 2 aromatic carbocycles. The second-order valence-corrected chi connectivity index (χ2v) is 10.7. The molecule has 2 aromatic rings. The molecule has 1 N–H and O–H groups in total. The molecule has 0 aliphatic carbocycles. The van der Waals surface area contributed by atoms with Crippen LogP contribution in [0.4, 0.5) is 0 Å². The molecular formula is C32H44O7. The van der Waals surface area contributed by atoms with Gasteiger partial charge >= 0.3 is 5.97 Å². The molecule has 4 rings (SSSR count). The highest BCUT2D eigenvalue weighted by Gasteiger charge is 2.26. The third kappa shape index (κ3) is 9.06. The zero-order valence-corrected chi connectivity index (χ0v) is 23.3. The lowest BCUT2D eigenvalue weighted by Crippen LogP contribution is -2.28. The van der Waals surface area contributed by atoms with Gasteiger partial charge in [-0.15, -0.1) is 0 Å². The third-order valence-corrected chi connectivity index (χ3v) is 7.71. The molecule has 7 heteroatoms. The van der Waals surface area contributed by atoms with Crippen LogP contribution in [0.1, 0.15) is 82.3 Å². The number of rotatable bonds is 18. The Bertz CT molecular complexity index is 1040. The Kier molecular flexibility index (Phi) is 11.6. The number of benzene rings is 2. The fourth-order valence-corrected chi connectivity index (χ4v) is 5.34. The summed E-state index contributed by atoms with van der Waals surface area (Å²) < 4.78 is 27.8. The second-order valence-electron chi connectivity index (χ2n) is 10.7. The first-order valence-electron chi connectivity index (χ1n) is 14.7. The second kappa shape index (κ2) is 15.6. The number of carbonyl (C=O) groups excluding carboxylic acids is 1. The van der Waals surface area contributed by atoms with Gasteiger partial charge in [0.2, 0.25) is 13.6 Å². The van der Waals surface area contributed by atoms with Crippen molar-refractivity contribution in [2.45, 2.75) is 84.0 Å². The Hall–Kier alpha value is -2.93. The summed E-state index contributed by atoms with van der Waals surface area (Å²) in [6.07, 6.45) is 12.6. The first-order chi connectivity index (χ1) is 19.2. The fourth-order valence-electron chi connectivity index (χ4n) is 5.34. The molecule has 39 heavy (non-hydrogen) atoms. The summed E-state index contributed by atoms with van der Waals surface area (Å²) in [5.74, 6) is 2.61. The summed E-state index contributed by atoms with van der Waals surface area (Å²) in [5, 5.41) is 10.4. The standard InChI is InChI=1S/C32H44O7/c1-2-3-4-5-6-7-8-9-10-11-32(34)35-21-27(17-25-13-15-29-31(19-25)39-23-37-29)26(20-33)16-24-12-14-28-30(18-24)38-22-36-28/h12-15,18-19,26-27,33H,2-11,16-17,20-23H2,1H3/t26-,27-/m0/s1. The van der Waals surface area contributed by atoms with E-state index in [1.54, 1.807) is 0 Å². The Morgan fingerprint density at radius 2 is 1.26 bits per heavy atom. The molecule has 2 aliphatic rings. The van der Waals surface area contributed by atoms with Gasteiger partial charge < -0.3 is 28.8 Å². The highest BCUT2D eigenvalue weighted by molar-refractivity contribution is 5.69. The van der Waals surface area contributed by atoms with E-state index in [4.69, 9.17) is 23.7 Å². The summed E-state index contributed by atoms with van der Waals surface area (Å²) in [7, 11) is 0. The Balaban J connectivity index is 1.30. The number of ether oxygens (including phenoxy) is 5. The van der Waals surface area contributed by atoms with Crippen molar-refractivity contribution in [1.82, 2.24) is 0 Å². The number of carbonyl (C=O) groups is 1. The molecule has 2 aliphatic heterocycles. The zero-order chi connectivity index (χ0) is 27.3. The largest absolute Gasteiger partial charge is 0.465 e. The van der Waals surface area contributed by atoms with Crippen LogP contribution >= 0.6 is 0 Å². The predicted molar refractivity (Wildman–Crippen MR) is 149 cm³/mol. The monoisotopic (exact) mass is 540 g/mol. The van der Waals surface area contributed by atoms with E-state index in [0.717, 1.165) is 47.0 Å². The van der Waals surface area contributed by atoms with E-state index in [-0.39, 0.29) is 44.6 Å². The first kappa shape index (κ1) is 29.1. The van der Waals surface area contributed by atoms with Gasteiger partial charge in [-0.3, -0.25) is 4.79 Å². The van der Waals surface area contributed by atoms with E-state index in [9.17, 15) is 9.90 Å². The Morgan fingerprint density at radius 3 is 1.82 bits per heavy atom. The molecule has 0 spiro atoms. The maximum Gasteiger partial charge on any atom is 0.305 e. The number of fused-ring (bicyclic) bond motifs is 2. The SMILES string of the molecule is CCCCCCCCCCCC(=O)OC[C@H](Cc1ccc2c(c1)OCO2)[C@H](CO)Cc1ccc2c(c1)OCO2. The number of esters is 1. The number of aliphatic hydroxyl groups is 1. The molecule has 2 atom stereocenters. The van der Waals surface area contributed by atoms with Crippen LogP contribution in [0.15, 0.2) is 36.4 Å². The maximum atomic E-state index is 12.6. The molecule has 0 saturated carbocycles. The summed E-state index contributed by atoms with van der Waals surface area (Å²) in [6.45, 7) is 2.94. The van der Waals surface area contributed by atoms with Gasteiger partial charge in [0.25, 0.3) is 0 Å². The van der Waals surface area contributed by atoms with Crippen molar-refractivity contribution < 1.29 is 33.6 Å². The smallest absolute Gasteiger partial charge is 0.305 e. The number of unbranched alkanes of at least 4 members (excludes halogenated alkanes) is 8. The van der Waals surface area contributed by atoms with Crippen molar-refractivity contribution >= 4 is 5.97 Å². The van der Waals surface area contributed by atoms with Crippen molar-refractivity contribution in [2.24, 2.45) is 11.8 Å². The van der Waals surface area contributed by atoms with Crippen LogP contribution in [0.3, 0.4) is 0 Å². The average Bonchev–Trinajstić information content (AvgIpc) is 3.62. The molecule has 0 unspecified atom stereocenters. The van der Waals surface area contributed by atoms with Gasteiger partial charge in [-0.25, -0.2) is 0 Å². The molecule has 0 amide bonds. The van der Waals surface area contributed by atoms with Crippen LogP contribution in [-0.4, -0.2) is 37.9 Å². The van der Waals surface area contributed by atoms with Gasteiger partial charge in [0.05, 0.1) is 6.61 Å². The first-order valence-corrected chi connectivity index (χ1v) is 14.7. The molecule has 0 radical (unpaired) electrons. The minimum atomic E-state index is -0.159. The van der Waals surface area contributed by atoms with Crippen molar-refractivity contribution in [2.75, 3.05) is 26.8 Å². The lowest BCUT2D eigenvalue weighted by atomic mass is 9.83. The topological polar surface area (TPSA) is 83.5 Å². The van der Waals surface area contributed by atoms with Crippen LogP contribution < -0.4 is 18.9 Å². The summed E-state index contributed by atoms with van der Waals surface area (Å²) in [4.78, 5) is 12.6. The van der Waals surface area contributed by atoms with Gasteiger partial charge in [0, 0.05) is 18.9 Å². The van der Waals surface area contributed by atoms with Gasteiger partial charge in [-0.1, -0.05) is 70.4 Å². The maximum absolute atomic E-state index is 12.6. The zero-order valence-electron chi connectivity index (χ0n) is 23.3. The van der Waals surface area contributed by atoms with Gasteiger partial charge in [0.1, 0.15) is 0 Å². The minimum Gasteiger partial charge on any atom is -0.465 e. The lowest BCUT2D eigenvalue weighted by Gasteiger charge is -2.26. The molecule has 0 bridgehead atoms. The molecule has 0 fully saturated rings. The van der Waals surface area contributed by atoms with Crippen LogP contribution in [0.5, 0.6) is 23.0 Å². The van der Waals surface area contributed by atoms with E-state index in [1.807, 2.05) is 36.4 Å². The number of aliphatic hydroxyl groups excluding tert-OH is 1. The van der Waals surface area contributed by atoms with Crippen LogP contribution in [0, 0.1) is 11.8 Å². The van der Waals surface area contributed by atoms with E-state index >= 15 is 0 Å². The van der Waals surface area contributed by atoms with E-state index in [0.29, 0.717) is 19.3 Å². The molecule has 7 nitrogen and oxygen atoms in total. The highest BCUT2D eigenvalue weighted by Crippen LogP contribution is 2.36. The number of hydrogen-bond donors (Lipinski definition) is 1. The predicted octanol–water partition coefficient (Wildman–Crippen LogP) is 6.62. The van der Waals surface area contributed by atoms with Crippen molar-refractivity contribution in [3.05, 3.63) is 47.5 Å². The van der Waals surface area contributed by atoms with Crippen molar-refractivity contribution in [3.8, 4) is 23.0 Å². The van der Waals surface area contributed by atoms with Crippen LogP contribution in [-0.2, 0) is 22.4 Å². The normalized spacial score (nSPS) is 14.8. The molecule has 214 valence electrons. The van der Waals surface area contributed by atoms with Crippen LogP contribution in [0.2, 0.25) is 0 Å². The van der Waals surface area contributed by atoms with Crippen LogP contribution in [0.25, 0.3) is 0 Å². The summed E-state index contributed by atoms with van der Waals surface area (Å²) in [6, 6.07) is 11.8. The molecular weight excluding hydrogens is 496 g/mol. The van der Waals surface area contributed by atoms with E-state index in [2.05, 4.69) is 6.92 Å². The molecule has 0 saturated heterocycles.